The number of anilines is 1. The van der Waals surface area contributed by atoms with Crippen molar-refractivity contribution in [3.8, 4) is 0 Å². The second kappa shape index (κ2) is 6.57. The Bertz CT molecular complexity index is 630. The molecule has 1 heterocycles. The highest BCUT2D eigenvalue weighted by atomic mass is 32.2. The molecule has 0 aliphatic heterocycles. The predicted molar refractivity (Wildman–Crippen MR) is 77.6 cm³/mol. The quantitative estimate of drug-likeness (QED) is 0.792. The van der Waals surface area contributed by atoms with Crippen LogP contribution in [0.3, 0.4) is 0 Å². The van der Waals surface area contributed by atoms with E-state index >= 15 is 0 Å². The van der Waals surface area contributed by atoms with E-state index in [1.54, 1.807) is 16.7 Å². The highest BCUT2D eigenvalue weighted by Gasteiger charge is 2.17. The highest BCUT2D eigenvalue weighted by Crippen LogP contribution is 2.25. The van der Waals surface area contributed by atoms with E-state index in [0.29, 0.717) is 11.6 Å². The van der Waals surface area contributed by atoms with Crippen molar-refractivity contribution >= 4 is 23.7 Å². The van der Waals surface area contributed by atoms with Crippen molar-refractivity contribution in [3.63, 3.8) is 0 Å². The lowest BCUT2D eigenvalue weighted by Gasteiger charge is -2.16. The molecule has 3 N–H and O–H groups in total. The number of carbonyl (C=O) groups is 1. The number of carboxylic acids is 1. The number of hydrogen-bond donors (Lipinski definition) is 2. The van der Waals surface area contributed by atoms with Gasteiger partial charge < -0.3 is 10.8 Å². The zero-order valence-electron chi connectivity index (χ0n) is 11.4. The first-order chi connectivity index (χ1) is 9.97. The summed E-state index contributed by atoms with van der Waals surface area (Å²) in [4.78, 5) is 10.6. The third-order valence-corrected chi connectivity index (χ3v) is 3.83. The third-order valence-electron chi connectivity index (χ3n) is 2.90. The lowest BCUT2D eigenvalue weighted by atomic mass is 10.1. The van der Waals surface area contributed by atoms with Crippen LogP contribution in [0.4, 0.5) is 10.3 Å². The van der Waals surface area contributed by atoms with Crippen molar-refractivity contribution in [2.75, 3.05) is 11.5 Å². The molecular weight excluding hydrogens is 295 g/mol. The van der Waals surface area contributed by atoms with Gasteiger partial charge in [-0.25, -0.2) is 4.39 Å². The van der Waals surface area contributed by atoms with Crippen LogP contribution in [-0.4, -0.2) is 31.6 Å². The number of aliphatic carboxylic acids is 1. The average molecular weight is 310 g/mol. The van der Waals surface area contributed by atoms with E-state index < -0.39 is 5.97 Å². The van der Waals surface area contributed by atoms with Crippen LogP contribution >= 0.6 is 11.8 Å². The number of halogens is 1. The number of benzene rings is 1. The Hall–Kier alpha value is -2.09. The Kier molecular flexibility index (Phi) is 4.79. The van der Waals surface area contributed by atoms with Gasteiger partial charge in [-0.1, -0.05) is 23.9 Å². The van der Waals surface area contributed by atoms with E-state index in [-0.39, 0.29) is 23.6 Å². The van der Waals surface area contributed by atoms with Crippen molar-refractivity contribution in [1.29, 1.82) is 0 Å². The van der Waals surface area contributed by atoms with Gasteiger partial charge >= 0.3 is 5.97 Å². The SMILES string of the molecule is CC(Cc1ccc(F)cc1)n1c(N)nnc1SCC(=O)O. The molecule has 0 spiro atoms. The fourth-order valence-electron chi connectivity index (χ4n) is 1.98. The van der Waals surface area contributed by atoms with E-state index in [0.717, 1.165) is 17.3 Å². The number of carboxylic acid groups (broad SMARTS) is 1. The smallest absolute Gasteiger partial charge is 0.313 e. The zero-order valence-corrected chi connectivity index (χ0v) is 12.2. The predicted octanol–water partition coefficient (Wildman–Crippen LogP) is 1.98. The van der Waals surface area contributed by atoms with Crippen molar-refractivity contribution in [3.05, 3.63) is 35.6 Å². The van der Waals surface area contributed by atoms with Gasteiger partial charge in [0.25, 0.3) is 0 Å². The lowest BCUT2D eigenvalue weighted by Crippen LogP contribution is -2.13. The van der Waals surface area contributed by atoms with Crippen LogP contribution in [0, 0.1) is 5.82 Å². The molecule has 0 amide bonds. The maximum atomic E-state index is 12.9. The third kappa shape index (κ3) is 3.94. The summed E-state index contributed by atoms with van der Waals surface area (Å²) in [6.07, 6.45) is 0.614. The summed E-state index contributed by atoms with van der Waals surface area (Å²) in [5.41, 5.74) is 6.75. The van der Waals surface area contributed by atoms with Crippen LogP contribution in [0.5, 0.6) is 0 Å². The lowest BCUT2D eigenvalue weighted by molar-refractivity contribution is -0.133. The molecule has 2 aromatic rings. The number of thioether (sulfide) groups is 1. The maximum absolute atomic E-state index is 12.9. The number of nitrogen functional groups attached to an aromatic ring is 1. The number of nitrogens with two attached hydrogens (primary N) is 1. The van der Waals surface area contributed by atoms with Gasteiger partial charge in [-0.2, -0.15) is 0 Å². The van der Waals surface area contributed by atoms with E-state index in [4.69, 9.17) is 10.8 Å². The minimum absolute atomic E-state index is 0.0678. The van der Waals surface area contributed by atoms with Crippen molar-refractivity contribution in [2.45, 2.75) is 24.5 Å². The van der Waals surface area contributed by atoms with Gasteiger partial charge in [0.1, 0.15) is 5.82 Å². The summed E-state index contributed by atoms with van der Waals surface area (Å²) in [6.45, 7) is 1.92. The number of aromatic nitrogens is 3. The number of nitrogens with zero attached hydrogens (tertiary/aromatic N) is 3. The van der Waals surface area contributed by atoms with Crippen molar-refractivity contribution in [2.24, 2.45) is 0 Å². The molecule has 21 heavy (non-hydrogen) atoms. The minimum atomic E-state index is -0.931. The molecule has 0 saturated heterocycles. The van der Waals surface area contributed by atoms with Gasteiger partial charge in [-0.3, -0.25) is 9.36 Å². The minimum Gasteiger partial charge on any atom is -0.481 e. The van der Waals surface area contributed by atoms with E-state index in [1.165, 1.54) is 12.1 Å². The Morgan fingerprint density at radius 1 is 1.43 bits per heavy atom. The van der Waals surface area contributed by atoms with Gasteiger partial charge in [0.05, 0.1) is 5.75 Å². The normalized spacial score (nSPS) is 12.3. The van der Waals surface area contributed by atoms with Crippen LogP contribution < -0.4 is 5.73 Å². The largest absolute Gasteiger partial charge is 0.481 e. The van der Waals surface area contributed by atoms with Crippen LogP contribution in [0.2, 0.25) is 0 Å². The molecule has 1 aromatic carbocycles. The Labute approximate surface area is 125 Å². The van der Waals surface area contributed by atoms with Crippen molar-refractivity contribution in [1.82, 2.24) is 14.8 Å². The van der Waals surface area contributed by atoms with Gasteiger partial charge in [0, 0.05) is 6.04 Å². The van der Waals surface area contributed by atoms with Gasteiger partial charge in [-0.05, 0) is 31.0 Å². The molecule has 8 heteroatoms. The summed E-state index contributed by atoms with van der Waals surface area (Å²) in [5.74, 6) is -1.09. The summed E-state index contributed by atoms with van der Waals surface area (Å²) in [7, 11) is 0. The van der Waals surface area contributed by atoms with Crippen LogP contribution in [0.25, 0.3) is 0 Å². The zero-order chi connectivity index (χ0) is 15.4. The first-order valence-electron chi connectivity index (χ1n) is 6.26. The van der Waals surface area contributed by atoms with Gasteiger partial charge in [-0.15, -0.1) is 10.2 Å². The van der Waals surface area contributed by atoms with Gasteiger partial charge in [0.15, 0.2) is 5.16 Å². The number of hydrogen-bond acceptors (Lipinski definition) is 5. The molecule has 0 fully saturated rings. The molecule has 1 unspecified atom stereocenters. The first kappa shape index (κ1) is 15.3. The van der Waals surface area contributed by atoms with E-state index in [9.17, 15) is 9.18 Å². The maximum Gasteiger partial charge on any atom is 0.313 e. The Balaban J connectivity index is 2.14. The summed E-state index contributed by atoms with van der Waals surface area (Å²) >= 11 is 1.07. The molecule has 0 saturated carbocycles. The second-order valence-corrected chi connectivity index (χ2v) is 5.52. The standard InChI is InChI=1S/C13H15FN4O2S/c1-8(6-9-2-4-10(14)5-3-9)18-12(15)16-17-13(18)21-7-11(19)20/h2-5,8H,6-7H2,1H3,(H2,15,16)(H,19,20). The fraction of sp³-hybridized carbons (Fsp3) is 0.308. The highest BCUT2D eigenvalue weighted by molar-refractivity contribution is 7.99. The molecule has 1 atom stereocenters. The molecule has 0 radical (unpaired) electrons. The number of rotatable bonds is 6. The topological polar surface area (TPSA) is 94.0 Å². The molecular formula is C13H15FN4O2S. The summed E-state index contributed by atoms with van der Waals surface area (Å²) in [5, 5.41) is 16.9. The Morgan fingerprint density at radius 2 is 2.10 bits per heavy atom. The van der Waals surface area contributed by atoms with E-state index in [1.807, 2.05) is 6.92 Å². The molecule has 0 aliphatic rings. The van der Waals surface area contributed by atoms with Crippen LogP contribution in [0.1, 0.15) is 18.5 Å². The van der Waals surface area contributed by atoms with E-state index in [2.05, 4.69) is 10.2 Å². The summed E-state index contributed by atoms with van der Waals surface area (Å²) in [6, 6.07) is 6.14. The molecule has 112 valence electrons. The Morgan fingerprint density at radius 3 is 2.71 bits per heavy atom. The molecule has 6 nitrogen and oxygen atoms in total. The fourth-order valence-corrected chi connectivity index (χ4v) is 2.74. The molecule has 0 bridgehead atoms. The average Bonchev–Trinajstić information content (AvgIpc) is 2.80. The molecule has 1 aromatic heterocycles. The van der Waals surface area contributed by atoms with Gasteiger partial charge in [0.2, 0.25) is 5.95 Å². The first-order valence-corrected chi connectivity index (χ1v) is 7.25. The van der Waals surface area contributed by atoms with Crippen LogP contribution in [-0.2, 0) is 11.2 Å². The monoisotopic (exact) mass is 310 g/mol. The van der Waals surface area contributed by atoms with Crippen LogP contribution in [0.15, 0.2) is 29.4 Å². The summed E-state index contributed by atoms with van der Waals surface area (Å²) < 4.78 is 14.6. The van der Waals surface area contributed by atoms with Crippen molar-refractivity contribution < 1.29 is 14.3 Å². The molecule has 0 aliphatic carbocycles. The second-order valence-electron chi connectivity index (χ2n) is 4.57. The molecule has 2 rings (SSSR count).